The maximum atomic E-state index is 9.52. The van der Waals surface area contributed by atoms with Crippen molar-refractivity contribution < 1.29 is 14.3 Å². The Hall–Kier alpha value is -0.840. The van der Waals surface area contributed by atoms with Crippen LogP contribution in [0.5, 0.6) is 0 Å². The standard InChI is InChI=1S/C10H15NO3/c1-7(8-2-3-13-4-8)11-9-5-14-6-10(9)12/h2-4,7,9-12H,5-6H2,1H3/t7?,9?,10-/m1/s1. The number of nitrogens with one attached hydrogen (secondary N) is 1. The highest BCUT2D eigenvalue weighted by Gasteiger charge is 2.27. The summed E-state index contributed by atoms with van der Waals surface area (Å²) in [5.41, 5.74) is 1.09. The second-order valence-corrected chi connectivity index (χ2v) is 3.66. The second-order valence-electron chi connectivity index (χ2n) is 3.66. The third-order valence-electron chi connectivity index (χ3n) is 2.56. The lowest BCUT2D eigenvalue weighted by Crippen LogP contribution is -2.40. The topological polar surface area (TPSA) is 54.6 Å². The van der Waals surface area contributed by atoms with E-state index in [2.05, 4.69) is 5.32 Å². The van der Waals surface area contributed by atoms with Crippen LogP contribution in [0.1, 0.15) is 18.5 Å². The number of aliphatic hydroxyl groups excluding tert-OH is 1. The lowest BCUT2D eigenvalue weighted by atomic mass is 10.1. The molecule has 1 aromatic rings. The van der Waals surface area contributed by atoms with Gasteiger partial charge in [-0.15, -0.1) is 0 Å². The van der Waals surface area contributed by atoms with E-state index >= 15 is 0 Å². The largest absolute Gasteiger partial charge is 0.472 e. The average Bonchev–Trinajstić information content (AvgIpc) is 2.77. The van der Waals surface area contributed by atoms with Gasteiger partial charge >= 0.3 is 0 Å². The molecule has 0 saturated carbocycles. The summed E-state index contributed by atoms with van der Waals surface area (Å²) in [4.78, 5) is 0. The fourth-order valence-electron chi connectivity index (χ4n) is 1.64. The first-order chi connectivity index (χ1) is 6.77. The van der Waals surface area contributed by atoms with Gasteiger partial charge in [-0.2, -0.15) is 0 Å². The normalized spacial score (nSPS) is 29.3. The SMILES string of the molecule is CC(NC1COC[C@H]1O)c1ccoc1. The van der Waals surface area contributed by atoms with Gasteiger partial charge in [0.15, 0.2) is 0 Å². The highest BCUT2D eigenvalue weighted by molar-refractivity contribution is 5.10. The van der Waals surface area contributed by atoms with E-state index < -0.39 is 6.10 Å². The third-order valence-corrected chi connectivity index (χ3v) is 2.56. The molecule has 2 rings (SSSR count). The van der Waals surface area contributed by atoms with Crippen LogP contribution in [0, 0.1) is 0 Å². The summed E-state index contributed by atoms with van der Waals surface area (Å²) in [7, 11) is 0. The minimum Gasteiger partial charge on any atom is -0.472 e. The second kappa shape index (κ2) is 4.13. The van der Waals surface area contributed by atoms with Crippen molar-refractivity contribution in [1.29, 1.82) is 0 Å². The lowest BCUT2D eigenvalue weighted by molar-refractivity contribution is 0.121. The summed E-state index contributed by atoms with van der Waals surface area (Å²) in [6.45, 7) is 3.04. The number of hydrogen-bond donors (Lipinski definition) is 2. The molecule has 4 heteroatoms. The quantitative estimate of drug-likeness (QED) is 0.748. The predicted molar refractivity (Wildman–Crippen MR) is 50.9 cm³/mol. The van der Waals surface area contributed by atoms with Gasteiger partial charge in [-0.05, 0) is 13.0 Å². The number of ether oxygens (including phenoxy) is 1. The molecule has 0 bridgehead atoms. The maximum Gasteiger partial charge on any atom is 0.0950 e. The van der Waals surface area contributed by atoms with E-state index in [-0.39, 0.29) is 12.1 Å². The highest BCUT2D eigenvalue weighted by Crippen LogP contribution is 2.15. The van der Waals surface area contributed by atoms with Crippen molar-refractivity contribution in [2.45, 2.75) is 25.1 Å². The van der Waals surface area contributed by atoms with Gasteiger partial charge in [-0.1, -0.05) is 0 Å². The summed E-state index contributed by atoms with van der Waals surface area (Å²) in [6.07, 6.45) is 2.96. The van der Waals surface area contributed by atoms with Gasteiger partial charge < -0.3 is 19.6 Å². The van der Waals surface area contributed by atoms with Crippen molar-refractivity contribution in [3.05, 3.63) is 24.2 Å². The zero-order chi connectivity index (χ0) is 9.97. The molecule has 0 amide bonds. The molecule has 3 atom stereocenters. The first-order valence-corrected chi connectivity index (χ1v) is 4.81. The van der Waals surface area contributed by atoms with Crippen molar-refractivity contribution in [1.82, 2.24) is 5.32 Å². The van der Waals surface area contributed by atoms with E-state index in [1.54, 1.807) is 12.5 Å². The monoisotopic (exact) mass is 197 g/mol. The number of hydrogen-bond acceptors (Lipinski definition) is 4. The van der Waals surface area contributed by atoms with Crippen LogP contribution >= 0.6 is 0 Å². The van der Waals surface area contributed by atoms with E-state index in [0.717, 1.165) is 5.56 Å². The van der Waals surface area contributed by atoms with Gasteiger partial charge in [0.25, 0.3) is 0 Å². The Morgan fingerprint density at radius 3 is 3.00 bits per heavy atom. The van der Waals surface area contributed by atoms with Gasteiger partial charge in [0.1, 0.15) is 0 Å². The first-order valence-electron chi connectivity index (χ1n) is 4.81. The van der Waals surface area contributed by atoms with Crippen molar-refractivity contribution in [2.24, 2.45) is 0 Å². The van der Waals surface area contributed by atoms with Gasteiger partial charge in [-0.25, -0.2) is 0 Å². The van der Waals surface area contributed by atoms with Gasteiger partial charge in [0, 0.05) is 11.6 Å². The predicted octanol–water partition coefficient (Wildman–Crippen LogP) is 0.690. The molecule has 78 valence electrons. The molecule has 4 nitrogen and oxygen atoms in total. The number of furan rings is 1. The third kappa shape index (κ3) is 1.97. The first kappa shape index (κ1) is 9.71. The molecule has 1 fully saturated rings. The van der Waals surface area contributed by atoms with Crippen molar-refractivity contribution in [3.63, 3.8) is 0 Å². The van der Waals surface area contributed by atoms with E-state index in [9.17, 15) is 5.11 Å². The molecule has 1 saturated heterocycles. The molecule has 0 radical (unpaired) electrons. The minimum absolute atomic E-state index is 0.0277. The Kier molecular flexibility index (Phi) is 2.86. The molecular formula is C10H15NO3. The van der Waals surface area contributed by atoms with Crippen LogP contribution in [0.25, 0.3) is 0 Å². The van der Waals surface area contributed by atoms with E-state index in [1.807, 2.05) is 13.0 Å². The van der Waals surface area contributed by atoms with Crippen LogP contribution in [0.15, 0.2) is 23.0 Å². The summed E-state index contributed by atoms with van der Waals surface area (Å²) in [5, 5.41) is 12.8. The molecule has 1 aliphatic rings. The van der Waals surface area contributed by atoms with Crippen LogP contribution in [-0.2, 0) is 4.74 Å². The summed E-state index contributed by atoms with van der Waals surface area (Å²) in [6, 6.07) is 2.12. The lowest BCUT2D eigenvalue weighted by Gasteiger charge is -2.19. The Bertz CT molecular complexity index is 273. The summed E-state index contributed by atoms with van der Waals surface area (Å²) < 4.78 is 10.1. The average molecular weight is 197 g/mol. The zero-order valence-corrected chi connectivity index (χ0v) is 8.14. The molecule has 0 spiro atoms. The number of rotatable bonds is 3. The molecule has 1 aliphatic heterocycles. The molecule has 0 aliphatic carbocycles. The smallest absolute Gasteiger partial charge is 0.0950 e. The molecule has 14 heavy (non-hydrogen) atoms. The Morgan fingerprint density at radius 1 is 1.57 bits per heavy atom. The van der Waals surface area contributed by atoms with Crippen LogP contribution < -0.4 is 5.32 Å². The molecule has 2 heterocycles. The van der Waals surface area contributed by atoms with Crippen LogP contribution in [0.3, 0.4) is 0 Å². The Morgan fingerprint density at radius 2 is 2.43 bits per heavy atom. The molecule has 2 unspecified atom stereocenters. The Balaban J connectivity index is 1.91. The zero-order valence-electron chi connectivity index (χ0n) is 8.14. The van der Waals surface area contributed by atoms with Crippen LogP contribution in [0.2, 0.25) is 0 Å². The fraction of sp³-hybridized carbons (Fsp3) is 0.600. The maximum absolute atomic E-state index is 9.52. The van der Waals surface area contributed by atoms with Crippen molar-refractivity contribution in [2.75, 3.05) is 13.2 Å². The minimum atomic E-state index is -0.399. The van der Waals surface area contributed by atoms with Gasteiger partial charge in [0.2, 0.25) is 0 Å². The summed E-state index contributed by atoms with van der Waals surface area (Å²) >= 11 is 0. The molecule has 1 aromatic heterocycles. The van der Waals surface area contributed by atoms with Crippen LogP contribution in [-0.4, -0.2) is 30.5 Å². The van der Waals surface area contributed by atoms with Crippen molar-refractivity contribution >= 4 is 0 Å². The van der Waals surface area contributed by atoms with E-state index in [0.29, 0.717) is 13.2 Å². The van der Waals surface area contributed by atoms with Gasteiger partial charge in [-0.3, -0.25) is 0 Å². The Labute approximate surface area is 82.9 Å². The highest BCUT2D eigenvalue weighted by atomic mass is 16.5. The van der Waals surface area contributed by atoms with E-state index in [1.165, 1.54) is 0 Å². The van der Waals surface area contributed by atoms with Gasteiger partial charge in [0.05, 0.1) is 37.9 Å². The van der Waals surface area contributed by atoms with Crippen molar-refractivity contribution in [3.8, 4) is 0 Å². The van der Waals surface area contributed by atoms with Crippen LogP contribution in [0.4, 0.5) is 0 Å². The number of aliphatic hydroxyl groups is 1. The fourth-order valence-corrected chi connectivity index (χ4v) is 1.64. The molecular weight excluding hydrogens is 182 g/mol. The molecule has 0 aromatic carbocycles. The van der Waals surface area contributed by atoms with E-state index in [4.69, 9.17) is 9.15 Å². The summed E-state index contributed by atoms with van der Waals surface area (Å²) in [5.74, 6) is 0. The molecule has 2 N–H and O–H groups in total.